The van der Waals surface area contributed by atoms with Gasteiger partial charge in [-0.1, -0.05) is 25.0 Å². The lowest BCUT2D eigenvalue weighted by molar-refractivity contribution is -0.133. The molecule has 1 fully saturated rings. The van der Waals surface area contributed by atoms with E-state index in [9.17, 15) is 4.79 Å². The number of carbonyl (C=O) groups excluding carboxylic acids is 1. The van der Waals surface area contributed by atoms with Crippen molar-refractivity contribution in [3.8, 4) is 5.75 Å². The molecule has 0 unspecified atom stereocenters. The standard InChI is InChI=1S/C19H26N4O3/c1-13(2)18-20-21-19(26-18)23-9-7-22(8-10-23)17(24)12-25-16-6-5-14(3)15(4)11-16/h5-6,11,13H,7-10,12H2,1-4H3. The van der Waals surface area contributed by atoms with Crippen molar-refractivity contribution in [2.75, 3.05) is 37.7 Å². The van der Waals surface area contributed by atoms with Crippen molar-refractivity contribution in [3.05, 3.63) is 35.2 Å². The van der Waals surface area contributed by atoms with Crippen molar-refractivity contribution >= 4 is 11.9 Å². The van der Waals surface area contributed by atoms with E-state index in [1.807, 2.05) is 48.8 Å². The van der Waals surface area contributed by atoms with E-state index in [4.69, 9.17) is 9.15 Å². The highest BCUT2D eigenvalue weighted by Crippen LogP contribution is 2.20. The van der Waals surface area contributed by atoms with Gasteiger partial charge in [-0.3, -0.25) is 4.79 Å². The third-order valence-electron chi connectivity index (χ3n) is 4.67. The van der Waals surface area contributed by atoms with Crippen LogP contribution in [0.3, 0.4) is 0 Å². The number of amides is 1. The average molecular weight is 358 g/mol. The van der Waals surface area contributed by atoms with Gasteiger partial charge in [0.1, 0.15) is 5.75 Å². The van der Waals surface area contributed by atoms with Crippen LogP contribution >= 0.6 is 0 Å². The van der Waals surface area contributed by atoms with Crippen molar-refractivity contribution in [2.45, 2.75) is 33.6 Å². The summed E-state index contributed by atoms with van der Waals surface area (Å²) in [4.78, 5) is 16.2. The Morgan fingerprint density at radius 1 is 1.15 bits per heavy atom. The van der Waals surface area contributed by atoms with Crippen LogP contribution in [-0.2, 0) is 4.79 Å². The first kappa shape index (κ1) is 18.2. The molecule has 1 aromatic heterocycles. The average Bonchev–Trinajstić information content (AvgIpc) is 3.13. The number of benzene rings is 1. The summed E-state index contributed by atoms with van der Waals surface area (Å²) in [6, 6.07) is 6.40. The van der Waals surface area contributed by atoms with Gasteiger partial charge in [-0.05, 0) is 37.1 Å². The minimum Gasteiger partial charge on any atom is -0.484 e. The van der Waals surface area contributed by atoms with E-state index >= 15 is 0 Å². The fourth-order valence-corrected chi connectivity index (χ4v) is 2.77. The molecule has 3 rings (SSSR count). The Morgan fingerprint density at radius 3 is 2.50 bits per heavy atom. The molecular weight excluding hydrogens is 332 g/mol. The summed E-state index contributed by atoms with van der Waals surface area (Å²) in [5, 5.41) is 8.17. The monoisotopic (exact) mass is 358 g/mol. The zero-order chi connectivity index (χ0) is 18.7. The molecule has 2 aromatic rings. The molecule has 1 aromatic carbocycles. The van der Waals surface area contributed by atoms with Crippen molar-refractivity contribution in [1.29, 1.82) is 0 Å². The number of piperazine rings is 1. The van der Waals surface area contributed by atoms with Gasteiger partial charge in [0.25, 0.3) is 5.91 Å². The van der Waals surface area contributed by atoms with E-state index in [-0.39, 0.29) is 18.4 Å². The van der Waals surface area contributed by atoms with Crippen molar-refractivity contribution < 1.29 is 13.9 Å². The van der Waals surface area contributed by atoms with Crippen LogP contribution in [0.4, 0.5) is 6.01 Å². The number of hydrogen-bond acceptors (Lipinski definition) is 6. The Hall–Kier alpha value is -2.57. The van der Waals surface area contributed by atoms with Crippen LogP contribution in [0.5, 0.6) is 5.75 Å². The third kappa shape index (κ3) is 4.15. The van der Waals surface area contributed by atoms with Crippen LogP contribution in [0.25, 0.3) is 0 Å². The van der Waals surface area contributed by atoms with E-state index in [0.29, 0.717) is 38.1 Å². The fraction of sp³-hybridized carbons (Fsp3) is 0.526. The maximum atomic E-state index is 12.4. The predicted molar refractivity (Wildman–Crippen MR) is 98.6 cm³/mol. The molecule has 0 bridgehead atoms. The van der Waals surface area contributed by atoms with Gasteiger partial charge in [0, 0.05) is 32.1 Å². The lowest BCUT2D eigenvalue weighted by Gasteiger charge is -2.33. The summed E-state index contributed by atoms with van der Waals surface area (Å²) in [5.41, 5.74) is 2.37. The van der Waals surface area contributed by atoms with Gasteiger partial charge in [0.15, 0.2) is 6.61 Å². The number of aromatic nitrogens is 2. The summed E-state index contributed by atoms with van der Waals surface area (Å²) in [7, 11) is 0. The summed E-state index contributed by atoms with van der Waals surface area (Å²) < 4.78 is 11.3. The number of rotatable bonds is 5. The molecule has 1 amide bonds. The SMILES string of the molecule is Cc1ccc(OCC(=O)N2CCN(c3nnc(C(C)C)o3)CC2)cc1C. The third-order valence-corrected chi connectivity index (χ3v) is 4.67. The molecule has 2 heterocycles. The topological polar surface area (TPSA) is 71.7 Å². The zero-order valence-corrected chi connectivity index (χ0v) is 15.9. The first-order chi connectivity index (χ1) is 12.4. The molecular formula is C19H26N4O3. The molecule has 0 N–H and O–H groups in total. The molecule has 0 radical (unpaired) electrons. The highest BCUT2D eigenvalue weighted by molar-refractivity contribution is 5.78. The van der Waals surface area contributed by atoms with Crippen LogP contribution in [0.1, 0.15) is 36.8 Å². The van der Waals surface area contributed by atoms with Crippen LogP contribution in [0.15, 0.2) is 22.6 Å². The van der Waals surface area contributed by atoms with Gasteiger partial charge in [-0.25, -0.2) is 0 Å². The van der Waals surface area contributed by atoms with E-state index in [2.05, 4.69) is 17.1 Å². The van der Waals surface area contributed by atoms with Crippen LogP contribution in [0.2, 0.25) is 0 Å². The summed E-state index contributed by atoms with van der Waals surface area (Å²) >= 11 is 0. The van der Waals surface area contributed by atoms with E-state index in [0.717, 1.165) is 11.3 Å². The minimum atomic E-state index is -0.00345. The second-order valence-electron chi connectivity index (χ2n) is 6.98. The zero-order valence-electron chi connectivity index (χ0n) is 15.9. The number of nitrogens with zero attached hydrogens (tertiary/aromatic N) is 4. The minimum absolute atomic E-state index is 0.00345. The van der Waals surface area contributed by atoms with E-state index in [1.165, 1.54) is 5.56 Å². The summed E-state index contributed by atoms with van der Waals surface area (Å²) in [6.07, 6.45) is 0. The number of hydrogen-bond donors (Lipinski definition) is 0. The lowest BCUT2D eigenvalue weighted by atomic mass is 10.1. The largest absolute Gasteiger partial charge is 0.484 e. The Morgan fingerprint density at radius 2 is 1.88 bits per heavy atom. The highest BCUT2D eigenvalue weighted by atomic mass is 16.5. The molecule has 0 spiro atoms. The summed E-state index contributed by atoms with van der Waals surface area (Å²) in [5.74, 6) is 1.57. The van der Waals surface area contributed by atoms with Crippen LogP contribution < -0.4 is 9.64 Å². The fourth-order valence-electron chi connectivity index (χ4n) is 2.77. The van der Waals surface area contributed by atoms with Crippen molar-refractivity contribution in [3.63, 3.8) is 0 Å². The molecule has 0 aliphatic carbocycles. The van der Waals surface area contributed by atoms with E-state index in [1.54, 1.807) is 0 Å². The molecule has 140 valence electrons. The Bertz CT molecular complexity index is 764. The molecule has 1 saturated heterocycles. The Balaban J connectivity index is 1.49. The molecule has 26 heavy (non-hydrogen) atoms. The number of ether oxygens (including phenoxy) is 1. The molecule has 1 aliphatic rings. The van der Waals surface area contributed by atoms with E-state index < -0.39 is 0 Å². The summed E-state index contributed by atoms with van der Waals surface area (Å²) in [6.45, 7) is 10.8. The highest BCUT2D eigenvalue weighted by Gasteiger charge is 2.24. The predicted octanol–water partition coefficient (Wildman–Crippen LogP) is 2.54. The van der Waals surface area contributed by atoms with Gasteiger partial charge in [-0.2, -0.15) is 0 Å². The maximum absolute atomic E-state index is 12.4. The van der Waals surface area contributed by atoms with Crippen LogP contribution in [0, 0.1) is 13.8 Å². The van der Waals surface area contributed by atoms with Gasteiger partial charge in [0.05, 0.1) is 0 Å². The first-order valence-electron chi connectivity index (χ1n) is 9.00. The van der Waals surface area contributed by atoms with Gasteiger partial charge >= 0.3 is 6.01 Å². The Kier molecular flexibility index (Phi) is 5.44. The lowest BCUT2D eigenvalue weighted by Crippen LogP contribution is -2.50. The maximum Gasteiger partial charge on any atom is 0.318 e. The molecule has 0 saturated carbocycles. The van der Waals surface area contributed by atoms with Crippen molar-refractivity contribution in [2.24, 2.45) is 0 Å². The second kappa shape index (κ2) is 7.76. The van der Waals surface area contributed by atoms with Crippen molar-refractivity contribution in [1.82, 2.24) is 15.1 Å². The molecule has 7 nitrogen and oxygen atoms in total. The normalized spacial score (nSPS) is 14.8. The number of carbonyl (C=O) groups is 1. The van der Waals surface area contributed by atoms with Gasteiger partial charge in [-0.15, -0.1) is 5.10 Å². The number of aryl methyl sites for hydroxylation is 2. The molecule has 1 aliphatic heterocycles. The molecule has 7 heteroatoms. The first-order valence-corrected chi connectivity index (χ1v) is 9.00. The van der Waals surface area contributed by atoms with Gasteiger partial charge < -0.3 is 19.0 Å². The van der Waals surface area contributed by atoms with Gasteiger partial charge in [0.2, 0.25) is 5.89 Å². The smallest absolute Gasteiger partial charge is 0.318 e. The second-order valence-corrected chi connectivity index (χ2v) is 6.98. The van der Waals surface area contributed by atoms with Crippen LogP contribution in [-0.4, -0.2) is 53.8 Å². The number of anilines is 1. The quantitative estimate of drug-likeness (QED) is 0.818. The Labute approximate surface area is 153 Å². The molecule has 0 atom stereocenters.